The second kappa shape index (κ2) is 3.07. The van der Waals surface area contributed by atoms with Gasteiger partial charge >= 0.3 is 0 Å². The summed E-state index contributed by atoms with van der Waals surface area (Å²) in [6.45, 7) is 0. The molecule has 3 nitrogen and oxygen atoms in total. The quantitative estimate of drug-likeness (QED) is 0.303. The Hall–Kier alpha value is -0.490. The molecule has 0 fully saturated rings. The molecule has 0 bridgehead atoms. The van der Waals surface area contributed by atoms with Gasteiger partial charge in [-0.2, -0.15) is 0 Å². The molecule has 0 aliphatic carbocycles. The third-order valence-electron chi connectivity index (χ3n) is 1.19. The van der Waals surface area contributed by atoms with Crippen molar-refractivity contribution in [1.29, 1.82) is 0 Å². The van der Waals surface area contributed by atoms with Crippen LogP contribution >= 0.6 is 22.6 Å². The topological polar surface area (TPSA) is 64.1 Å². The number of rotatable bonds is 1. The van der Waals surface area contributed by atoms with Crippen molar-refractivity contribution in [3.63, 3.8) is 0 Å². The molecule has 1 aromatic carbocycles. The van der Waals surface area contributed by atoms with Crippen LogP contribution in [0.5, 0.6) is 0 Å². The van der Waals surface area contributed by atoms with E-state index in [1.807, 2.05) is 12.1 Å². The van der Waals surface area contributed by atoms with Gasteiger partial charge in [-0.15, -0.1) is 0 Å². The summed E-state index contributed by atoms with van der Waals surface area (Å²) in [5.74, 6) is 5.22. The maximum absolute atomic E-state index is 5.58. The van der Waals surface area contributed by atoms with Crippen molar-refractivity contribution in [2.45, 2.75) is 0 Å². The molecular formula is C6H8IN3. The lowest BCUT2D eigenvalue weighted by molar-refractivity contribution is 1.34. The van der Waals surface area contributed by atoms with Crippen LogP contribution in [0, 0.1) is 3.57 Å². The van der Waals surface area contributed by atoms with Gasteiger partial charge in [-0.05, 0) is 34.7 Å². The fourth-order valence-electron chi connectivity index (χ4n) is 0.693. The average Bonchev–Trinajstić information content (AvgIpc) is 1.88. The van der Waals surface area contributed by atoms with Crippen LogP contribution in [0.4, 0.5) is 11.4 Å². The Morgan fingerprint density at radius 2 is 2.10 bits per heavy atom. The number of hydrogen-bond donors (Lipinski definition) is 3. The summed E-state index contributed by atoms with van der Waals surface area (Å²) in [5.41, 5.74) is 9.59. The second-order valence-corrected chi connectivity index (χ2v) is 3.01. The van der Waals surface area contributed by atoms with Crippen LogP contribution in [-0.4, -0.2) is 0 Å². The predicted octanol–water partition coefficient (Wildman–Crippen LogP) is 1.16. The molecule has 10 heavy (non-hydrogen) atoms. The van der Waals surface area contributed by atoms with Crippen LogP contribution < -0.4 is 17.0 Å². The largest absolute Gasteiger partial charge is 0.397 e. The molecule has 54 valence electrons. The van der Waals surface area contributed by atoms with E-state index in [1.54, 1.807) is 6.07 Å². The van der Waals surface area contributed by atoms with Crippen molar-refractivity contribution >= 4 is 34.0 Å². The first-order valence-electron chi connectivity index (χ1n) is 2.76. The number of para-hydroxylation sites is 1. The van der Waals surface area contributed by atoms with E-state index in [0.29, 0.717) is 5.69 Å². The van der Waals surface area contributed by atoms with E-state index >= 15 is 0 Å². The highest BCUT2D eigenvalue weighted by molar-refractivity contribution is 14.1. The van der Waals surface area contributed by atoms with E-state index in [2.05, 4.69) is 28.0 Å². The van der Waals surface area contributed by atoms with Crippen LogP contribution in [0.2, 0.25) is 0 Å². The average molecular weight is 249 g/mol. The smallest absolute Gasteiger partial charge is 0.0851 e. The highest BCUT2D eigenvalue weighted by atomic mass is 127. The van der Waals surface area contributed by atoms with Crippen molar-refractivity contribution in [1.82, 2.24) is 0 Å². The first-order chi connectivity index (χ1) is 4.75. The van der Waals surface area contributed by atoms with Gasteiger partial charge in [-0.25, -0.2) is 0 Å². The first-order valence-corrected chi connectivity index (χ1v) is 3.84. The minimum absolute atomic E-state index is 0.675. The number of nitrogen functional groups attached to an aromatic ring is 2. The molecule has 0 unspecified atom stereocenters. The molecule has 0 heterocycles. The lowest BCUT2D eigenvalue weighted by atomic mass is 10.3. The highest BCUT2D eigenvalue weighted by Crippen LogP contribution is 2.23. The summed E-state index contributed by atoms with van der Waals surface area (Å²) in [7, 11) is 0. The van der Waals surface area contributed by atoms with Crippen LogP contribution in [0.25, 0.3) is 0 Å². The van der Waals surface area contributed by atoms with Crippen molar-refractivity contribution in [3.05, 3.63) is 21.8 Å². The molecular weight excluding hydrogens is 241 g/mol. The molecule has 1 aromatic rings. The number of hydrazine groups is 1. The van der Waals surface area contributed by atoms with E-state index in [-0.39, 0.29) is 0 Å². The SMILES string of the molecule is NNc1c(N)cccc1I. The Morgan fingerprint density at radius 1 is 1.40 bits per heavy atom. The minimum Gasteiger partial charge on any atom is -0.397 e. The molecule has 0 aromatic heterocycles. The molecule has 0 aliphatic rings. The molecule has 0 saturated heterocycles. The zero-order valence-electron chi connectivity index (χ0n) is 5.26. The molecule has 0 atom stereocenters. The van der Waals surface area contributed by atoms with Gasteiger partial charge in [0.1, 0.15) is 0 Å². The van der Waals surface area contributed by atoms with Gasteiger partial charge in [0.25, 0.3) is 0 Å². The van der Waals surface area contributed by atoms with Crippen LogP contribution in [0.15, 0.2) is 18.2 Å². The third-order valence-corrected chi connectivity index (χ3v) is 2.09. The monoisotopic (exact) mass is 249 g/mol. The summed E-state index contributed by atoms with van der Waals surface area (Å²) in [5, 5.41) is 0. The number of nitrogens with two attached hydrogens (primary N) is 2. The van der Waals surface area contributed by atoms with Gasteiger partial charge in [-0.3, -0.25) is 5.84 Å². The van der Waals surface area contributed by atoms with E-state index in [4.69, 9.17) is 11.6 Å². The van der Waals surface area contributed by atoms with Gasteiger partial charge < -0.3 is 11.2 Å². The number of halogens is 1. The lowest BCUT2D eigenvalue weighted by Gasteiger charge is -2.05. The number of nitrogens with one attached hydrogen (secondary N) is 1. The van der Waals surface area contributed by atoms with Crippen LogP contribution in [-0.2, 0) is 0 Å². The van der Waals surface area contributed by atoms with E-state index < -0.39 is 0 Å². The first kappa shape index (κ1) is 7.62. The lowest BCUT2D eigenvalue weighted by Crippen LogP contribution is -2.10. The molecule has 4 heteroatoms. The molecule has 0 aliphatic heterocycles. The summed E-state index contributed by atoms with van der Waals surface area (Å²) < 4.78 is 1.03. The molecule has 0 radical (unpaired) electrons. The van der Waals surface area contributed by atoms with E-state index in [9.17, 15) is 0 Å². The Morgan fingerprint density at radius 3 is 2.50 bits per heavy atom. The normalized spacial score (nSPS) is 9.40. The van der Waals surface area contributed by atoms with E-state index in [1.165, 1.54) is 0 Å². The standard InChI is InChI=1S/C6H8IN3/c7-4-2-1-3-5(8)6(4)10-9/h1-3,10H,8-9H2. The fraction of sp³-hybridized carbons (Fsp3) is 0. The van der Waals surface area contributed by atoms with Crippen molar-refractivity contribution in [3.8, 4) is 0 Å². The third kappa shape index (κ3) is 1.32. The van der Waals surface area contributed by atoms with Gasteiger partial charge in [-0.1, -0.05) is 6.07 Å². The van der Waals surface area contributed by atoms with Crippen molar-refractivity contribution in [2.24, 2.45) is 5.84 Å². The number of benzene rings is 1. The summed E-state index contributed by atoms with van der Waals surface area (Å²) in [4.78, 5) is 0. The molecule has 5 N–H and O–H groups in total. The predicted molar refractivity (Wildman–Crippen MR) is 51.4 cm³/mol. The highest BCUT2D eigenvalue weighted by Gasteiger charge is 1.98. The van der Waals surface area contributed by atoms with Crippen LogP contribution in [0.1, 0.15) is 0 Å². The summed E-state index contributed by atoms with van der Waals surface area (Å²) in [6.07, 6.45) is 0. The Bertz CT molecular complexity index is 216. The van der Waals surface area contributed by atoms with Crippen molar-refractivity contribution < 1.29 is 0 Å². The van der Waals surface area contributed by atoms with Gasteiger partial charge in [0.05, 0.1) is 11.4 Å². The molecule has 0 saturated carbocycles. The number of anilines is 2. The number of hydrogen-bond acceptors (Lipinski definition) is 3. The maximum atomic E-state index is 5.58. The zero-order chi connectivity index (χ0) is 7.56. The van der Waals surface area contributed by atoms with Gasteiger partial charge in [0.2, 0.25) is 0 Å². The Balaban J connectivity index is 3.17. The van der Waals surface area contributed by atoms with Gasteiger partial charge in [0, 0.05) is 3.57 Å². The molecule has 0 spiro atoms. The molecule has 1 rings (SSSR count). The molecule has 0 amide bonds. The summed E-state index contributed by atoms with van der Waals surface area (Å²) in [6, 6.07) is 5.63. The Labute approximate surface area is 72.9 Å². The second-order valence-electron chi connectivity index (χ2n) is 1.85. The summed E-state index contributed by atoms with van der Waals surface area (Å²) >= 11 is 2.16. The zero-order valence-corrected chi connectivity index (χ0v) is 7.42. The van der Waals surface area contributed by atoms with Gasteiger partial charge in [0.15, 0.2) is 0 Å². The Kier molecular flexibility index (Phi) is 2.34. The van der Waals surface area contributed by atoms with Crippen molar-refractivity contribution in [2.75, 3.05) is 11.2 Å². The fourth-order valence-corrected chi connectivity index (χ4v) is 1.37. The maximum Gasteiger partial charge on any atom is 0.0851 e. The minimum atomic E-state index is 0.675. The van der Waals surface area contributed by atoms with Crippen LogP contribution in [0.3, 0.4) is 0 Å². The van der Waals surface area contributed by atoms with E-state index in [0.717, 1.165) is 9.26 Å².